The van der Waals surface area contributed by atoms with Gasteiger partial charge in [0.05, 0.1) is 29.0 Å². The van der Waals surface area contributed by atoms with Crippen molar-refractivity contribution in [3.8, 4) is 0 Å². The molecule has 0 amide bonds. The van der Waals surface area contributed by atoms with Crippen molar-refractivity contribution >= 4 is 11.2 Å². The average Bonchev–Trinajstić information content (AvgIpc) is 3.49. The summed E-state index contributed by atoms with van der Waals surface area (Å²) in [6.45, 7) is 5.64. The van der Waals surface area contributed by atoms with E-state index in [9.17, 15) is 13.2 Å². The first-order chi connectivity index (χ1) is 16.3. The highest BCUT2D eigenvalue weighted by Crippen LogP contribution is 2.49. The molecule has 2 saturated carbocycles. The fourth-order valence-electron chi connectivity index (χ4n) is 3.99. The van der Waals surface area contributed by atoms with E-state index >= 15 is 0 Å². The molecule has 3 aromatic heterocycles. The van der Waals surface area contributed by atoms with Gasteiger partial charge in [-0.2, -0.15) is 18.3 Å². The zero-order valence-electron chi connectivity index (χ0n) is 19.6. The molecule has 34 heavy (non-hydrogen) atoms. The average molecular weight is 477 g/mol. The van der Waals surface area contributed by atoms with Crippen molar-refractivity contribution in [2.75, 3.05) is 13.2 Å². The number of ether oxygens (including phenoxy) is 1. The summed E-state index contributed by atoms with van der Waals surface area (Å²) >= 11 is 0. The Bertz CT molecular complexity index is 1050. The van der Waals surface area contributed by atoms with Crippen LogP contribution in [-0.2, 0) is 4.74 Å². The summed E-state index contributed by atoms with van der Waals surface area (Å²) in [5.41, 5.74) is 3.09. The van der Waals surface area contributed by atoms with Crippen molar-refractivity contribution in [3.63, 3.8) is 0 Å². The lowest BCUT2D eigenvalue weighted by Gasteiger charge is -2.36. The molecule has 0 radical (unpaired) electrons. The molecule has 6 rings (SSSR count). The minimum Gasteiger partial charge on any atom is -0.381 e. The second-order valence-electron chi connectivity index (χ2n) is 9.12. The number of aryl methyl sites for hydroxylation is 2. The number of fused-ring (bicyclic) bond motifs is 1. The Morgan fingerprint density at radius 2 is 1.68 bits per heavy atom. The second-order valence-corrected chi connectivity index (χ2v) is 9.12. The van der Waals surface area contributed by atoms with E-state index in [1.165, 1.54) is 38.4 Å². The van der Waals surface area contributed by atoms with Gasteiger partial charge >= 0.3 is 6.18 Å². The number of alkyl halides is 3. The molecule has 3 fully saturated rings. The fourth-order valence-corrected chi connectivity index (χ4v) is 3.99. The van der Waals surface area contributed by atoms with Crippen molar-refractivity contribution in [2.24, 2.45) is 5.92 Å². The maximum absolute atomic E-state index is 12.6. The summed E-state index contributed by atoms with van der Waals surface area (Å²) in [5, 5.41) is 4.09. The number of aromatic nitrogens is 6. The lowest BCUT2D eigenvalue weighted by molar-refractivity contribution is -0.197. The summed E-state index contributed by atoms with van der Waals surface area (Å²) in [7, 11) is 0. The highest BCUT2D eigenvalue weighted by atomic mass is 19.4. The van der Waals surface area contributed by atoms with E-state index in [-0.39, 0.29) is 18.8 Å². The summed E-state index contributed by atoms with van der Waals surface area (Å²) in [6, 6.07) is 2.71. The van der Waals surface area contributed by atoms with Gasteiger partial charge < -0.3 is 4.74 Å². The van der Waals surface area contributed by atoms with Gasteiger partial charge in [0, 0.05) is 31.5 Å². The number of hydrogen-bond donors (Lipinski definition) is 0. The van der Waals surface area contributed by atoms with Gasteiger partial charge in [-0.3, -0.25) is 4.68 Å². The predicted octanol–water partition coefficient (Wildman–Crippen LogP) is 5.50. The van der Waals surface area contributed by atoms with Gasteiger partial charge in [0.1, 0.15) is 11.8 Å². The lowest BCUT2D eigenvalue weighted by atomic mass is 9.72. The van der Waals surface area contributed by atoms with E-state index in [0.29, 0.717) is 16.9 Å². The summed E-state index contributed by atoms with van der Waals surface area (Å²) < 4.78 is 44.8. The number of hydrogen-bond acceptors (Lipinski definition) is 6. The SMILES string of the molecule is C1CCOCC1.Cc1nc2ncnc(C3CC(C(F)(F)F)C3)c2nc1C.c1cnn(C2CC2)c1. The van der Waals surface area contributed by atoms with Gasteiger partial charge in [0.25, 0.3) is 0 Å². The first kappa shape index (κ1) is 24.5. The first-order valence-electron chi connectivity index (χ1n) is 11.9. The van der Waals surface area contributed by atoms with Crippen molar-refractivity contribution in [2.45, 2.75) is 76.9 Å². The smallest absolute Gasteiger partial charge is 0.381 e. The Kier molecular flexibility index (Phi) is 7.75. The third-order valence-corrected chi connectivity index (χ3v) is 6.42. The molecule has 0 spiro atoms. The molecule has 0 bridgehead atoms. The van der Waals surface area contributed by atoms with Gasteiger partial charge in [0.2, 0.25) is 0 Å². The molecule has 3 aliphatic rings. The summed E-state index contributed by atoms with van der Waals surface area (Å²) in [4.78, 5) is 16.9. The van der Waals surface area contributed by atoms with Crippen LogP contribution < -0.4 is 0 Å². The van der Waals surface area contributed by atoms with E-state index in [4.69, 9.17) is 4.74 Å². The maximum Gasteiger partial charge on any atom is 0.391 e. The van der Waals surface area contributed by atoms with Crippen LogP contribution in [0.5, 0.6) is 0 Å². The summed E-state index contributed by atoms with van der Waals surface area (Å²) in [5.74, 6) is -1.43. The predicted molar refractivity (Wildman–Crippen MR) is 121 cm³/mol. The molecule has 0 aromatic carbocycles. The molecule has 0 atom stereocenters. The molecular formula is C24H31F3N6O. The zero-order valence-corrected chi connectivity index (χ0v) is 19.6. The van der Waals surface area contributed by atoms with Crippen LogP contribution in [0.1, 0.15) is 74.0 Å². The molecule has 184 valence electrons. The number of halogens is 3. The number of nitrogens with zero attached hydrogens (tertiary/aromatic N) is 6. The van der Waals surface area contributed by atoms with Crippen LogP contribution in [0.4, 0.5) is 13.2 Å². The molecule has 0 N–H and O–H groups in total. The monoisotopic (exact) mass is 476 g/mol. The van der Waals surface area contributed by atoms with Crippen LogP contribution >= 0.6 is 0 Å². The molecular weight excluding hydrogens is 445 g/mol. The summed E-state index contributed by atoms with van der Waals surface area (Å²) in [6.07, 6.45) is 7.81. The van der Waals surface area contributed by atoms with E-state index in [2.05, 4.69) is 25.0 Å². The van der Waals surface area contributed by atoms with Crippen LogP contribution in [0.25, 0.3) is 11.2 Å². The Hall–Kier alpha value is -2.62. The fraction of sp³-hybridized carbons (Fsp3) is 0.625. The Balaban J connectivity index is 0.000000158. The second kappa shape index (κ2) is 10.8. The maximum atomic E-state index is 12.6. The van der Waals surface area contributed by atoms with Gasteiger partial charge in [-0.25, -0.2) is 19.9 Å². The van der Waals surface area contributed by atoms with Gasteiger partial charge in [-0.05, 0) is 64.9 Å². The topological polar surface area (TPSA) is 78.6 Å². The Labute approximate surface area is 197 Å². The quantitative estimate of drug-likeness (QED) is 0.486. The largest absolute Gasteiger partial charge is 0.391 e. The molecule has 1 saturated heterocycles. The van der Waals surface area contributed by atoms with Crippen LogP contribution in [0, 0.1) is 19.8 Å². The molecule has 2 aliphatic carbocycles. The van der Waals surface area contributed by atoms with E-state index in [1.54, 1.807) is 0 Å². The van der Waals surface area contributed by atoms with Crippen LogP contribution in [0.2, 0.25) is 0 Å². The highest BCUT2D eigenvalue weighted by Gasteiger charge is 2.49. The molecule has 0 unspecified atom stereocenters. The minimum atomic E-state index is -4.11. The van der Waals surface area contributed by atoms with Gasteiger partial charge in [-0.15, -0.1) is 0 Å². The van der Waals surface area contributed by atoms with Crippen LogP contribution in [-0.4, -0.2) is 49.1 Å². The molecule has 3 aromatic rings. The zero-order chi connectivity index (χ0) is 24.1. The molecule has 1 aliphatic heterocycles. The molecule has 7 nitrogen and oxygen atoms in total. The first-order valence-corrected chi connectivity index (χ1v) is 11.9. The molecule has 10 heteroatoms. The van der Waals surface area contributed by atoms with Crippen LogP contribution in [0.15, 0.2) is 24.8 Å². The van der Waals surface area contributed by atoms with Gasteiger partial charge in [-0.1, -0.05) is 0 Å². The Morgan fingerprint density at radius 1 is 0.971 bits per heavy atom. The van der Waals surface area contributed by atoms with Crippen molar-refractivity contribution < 1.29 is 17.9 Å². The van der Waals surface area contributed by atoms with E-state index in [1.807, 2.05) is 37.0 Å². The third-order valence-electron chi connectivity index (χ3n) is 6.42. The van der Waals surface area contributed by atoms with Crippen molar-refractivity contribution in [1.82, 2.24) is 29.7 Å². The highest BCUT2D eigenvalue weighted by molar-refractivity contribution is 5.73. The van der Waals surface area contributed by atoms with Crippen molar-refractivity contribution in [1.29, 1.82) is 0 Å². The number of rotatable bonds is 2. The van der Waals surface area contributed by atoms with Crippen molar-refractivity contribution in [3.05, 3.63) is 41.9 Å². The lowest BCUT2D eigenvalue weighted by Crippen LogP contribution is -2.35. The van der Waals surface area contributed by atoms with Crippen LogP contribution in [0.3, 0.4) is 0 Å². The van der Waals surface area contributed by atoms with E-state index in [0.717, 1.165) is 30.6 Å². The minimum absolute atomic E-state index is 0.0736. The Morgan fingerprint density at radius 3 is 2.21 bits per heavy atom. The standard InChI is InChI=1S/C13H13F3N4.C6H8N2.C5H10O/c1-6-7(2)20-12-11(19-6)10(17-5-18-12)8-3-9(4-8)13(14,15)16;1-4-7-8(5-1)6-2-3-6;1-2-4-6-5-3-1/h5,8-9H,3-4H2,1-2H3;1,4-6H,2-3H2;1-5H2. The third kappa shape index (κ3) is 6.28. The van der Waals surface area contributed by atoms with Gasteiger partial charge in [0.15, 0.2) is 5.65 Å². The van der Waals surface area contributed by atoms with E-state index < -0.39 is 12.1 Å². The normalized spacial score (nSPS) is 22.1. The molecule has 4 heterocycles.